The number of piperidine rings is 1. The molecule has 0 unspecified atom stereocenters. The van der Waals surface area contributed by atoms with Gasteiger partial charge in [-0.3, -0.25) is 18.9 Å². The van der Waals surface area contributed by atoms with E-state index < -0.39 is 23.5 Å². The van der Waals surface area contributed by atoms with Crippen molar-refractivity contribution < 1.29 is 22.8 Å². The first-order chi connectivity index (χ1) is 20.6. The molecule has 3 aliphatic rings. The fourth-order valence-electron chi connectivity index (χ4n) is 7.19. The summed E-state index contributed by atoms with van der Waals surface area (Å²) in [6, 6.07) is 4.73. The van der Waals surface area contributed by atoms with Crippen LogP contribution in [0.3, 0.4) is 0 Å². The minimum atomic E-state index is -0.740. The fraction of sp³-hybridized carbons (Fsp3) is 0.484. The SMILES string of the molecule is CC(=O)N[C@@H]1CCN(C(=O)N2CCN(Cc3cnc4ccc(F)cn4c3=O)C3(CCCC3)C2)[C@H](c2cc(F)ccc2F)C1. The number of hydrogen-bond acceptors (Lipinski definition) is 5. The highest BCUT2D eigenvalue weighted by atomic mass is 19.1. The fourth-order valence-corrected chi connectivity index (χ4v) is 7.19. The van der Waals surface area contributed by atoms with Crippen molar-refractivity contribution in [3.05, 3.63) is 81.7 Å². The number of likely N-dealkylation sites (tertiary alicyclic amines) is 1. The molecule has 1 saturated carbocycles. The lowest BCUT2D eigenvalue weighted by atomic mass is 9.90. The molecule has 1 aliphatic carbocycles. The minimum Gasteiger partial charge on any atom is -0.353 e. The summed E-state index contributed by atoms with van der Waals surface area (Å²) in [5.41, 5.74) is 0.246. The summed E-state index contributed by atoms with van der Waals surface area (Å²) in [5.74, 6) is -1.93. The van der Waals surface area contributed by atoms with Crippen LogP contribution in [0.15, 0.2) is 47.5 Å². The lowest BCUT2D eigenvalue weighted by molar-refractivity contribution is -0.120. The van der Waals surface area contributed by atoms with Crippen LogP contribution in [-0.4, -0.2) is 73.8 Å². The van der Waals surface area contributed by atoms with Crippen LogP contribution in [0.1, 0.15) is 62.6 Å². The van der Waals surface area contributed by atoms with Crippen LogP contribution in [0.2, 0.25) is 0 Å². The number of nitrogens with zero attached hydrogens (tertiary/aromatic N) is 5. The number of urea groups is 1. The van der Waals surface area contributed by atoms with Gasteiger partial charge >= 0.3 is 6.03 Å². The van der Waals surface area contributed by atoms with E-state index in [0.717, 1.165) is 50.1 Å². The number of amides is 3. The minimum absolute atomic E-state index is 0.0957. The Hall–Kier alpha value is -3.93. The van der Waals surface area contributed by atoms with E-state index in [0.29, 0.717) is 43.8 Å². The Labute approximate surface area is 247 Å². The van der Waals surface area contributed by atoms with Gasteiger partial charge in [-0.25, -0.2) is 22.9 Å². The van der Waals surface area contributed by atoms with E-state index in [-0.39, 0.29) is 47.6 Å². The standard InChI is InChI=1S/C31H35F3N6O3/c1-20(41)36-24-8-11-39(27(15-24)25-14-22(32)4-6-26(25)34)30(43)37-12-13-38(31(19-37)9-2-3-10-31)17-21-16-35-28-7-5-23(33)18-40(28)29(21)42/h4-7,14,16,18,24,27H,2-3,8-13,15,17,19H2,1H3,(H,36,41)/t24-,27+/m1/s1. The monoisotopic (exact) mass is 596 g/mol. The molecule has 3 fully saturated rings. The number of aromatic nitrogens is 2. The Morgan fingerprint density at radius 3 is 2.58 bits per heavy atom. The van der Waals surface area contributed by atoms with Gasteiger partial charge in [-0.1, -0.05) is 12.8 Å². The smallest absolute Gasteiger partial charge is 0.320 e. The molecule has 1 spiro atoms. The predicted octanol–water partition coefficient (Wildman–Crippen LogP) is 4.00. The van der Waals surface area contributed by atoms with Crippen LogP contribution in [0, 0.1) is 17.5 Å². The van der Waals surface area contributed by atoms with E-state index >= 15 is 4.39 Å². The maximum absolute atomic E-state index is 15.0. The van der Waals surface area contributed by atoms with Gasteiger partial charge in [-0.2, -0.15) is 0 Å². The zero-order chi connectivity index (χ0) is 30.3. The van der Waals surface area contributed by atoms with Crippen molar-refractivity contribution in [3.63, 3.8) is 0 Å². The van der Waals surface area contributed by atoms with E-state index in [1.807, 2.05) is 0 Å². The molecule has 6 rings (SSSR count). The number of carbonyl (C=O) groups is 2. The van der Waals surface area contributed by atoms with Crippen molar-refractivity contribution in [2.24, 2.45) is 0 Å². The van der Waals surface area contributed by atoms with Gasteiger partial charge in [0.15, 0.2) is 0 Å². The molecule has 4 heterocycles. The van der Waals surface area contributed by atoms with E-state index in [1.165, 1.54) is 23.5 Å². The van der Waals surface area contributed by atoms with Crippen LogP contribution in [0.4, 0.5) is 18.0 Å². The Morgan fingerprint density at radius 2 is 1.81 bits per heavy atom. The number of halogens is 3. The summed E-state index contributed by atoms with van der Waals surface area (Å²) in [6.07, 6.45) is 7.13. The van der Waals surface area contributed by atoms with Crippen LogP contribution in [0.25, 0.3) is 5.65 Å². The van der Waals surface area contributed by atoms with Crippen molar-refractivity contribution in [1.82, 2.24) is 29.4 Å². The number of piperazine rings is 1. The van der Waals surface area contributed by atoms with E-state index in [9.17, 15) is 23.2 Å². The number of fused-ring (bicyclic) bond motifs is 1. The zero-order valence-corrected chi connectivity index (χ0v) is 24.1. The number of hydrogen-bond donors (Lipinski definition) is 1. The maximum Gasteiger partial charge on any atom is 0.320 e. The second kappa shape index (κ2) is 11.6. The number of rotatable bonds is 4. The molecule has 0 radical (unpaired) electrons. The summed E-state index contributed by atoms with van der Waals surface area (Å²) >= 11 is 0. The normalized spacial score (nSPS) is 22.3. The molecule has 1 N–H and O–H groups in total. The Kier molecular flexibility index (Phi) is 7.89. The van der Waals surface area contributed by atoms with Gasteiger partial charge in [-0.05, 0) is 56.0 Å². The third-order valence-electron chi connectivity index (χ3n) is 9.27. The number of carbonyl (C=O) groups excluding carboxylic acids is 2. The van der Waals surface area contributed by atoms with Gasteiger partial charge in [0.05, 0.1) is 11.6 Å². The highest BCUT2D eigenvalue weighted by Crippen LogP contribution is 2.40. The molecule has 228 valence electrons. The molecule has 2 saturated heterocycles. The molecule has 2 atom stereocenters. The van der Waals surface area contributed by atoms with Gasteiger partial charge in [0.25, 0.3) is 5.56 Å². The van der Waals surface area contributed by atoms with E-state index in [2.05, 4.69) is 15.2 Å². The Morgan fingerprint density at radius 1 is 1.05 bits per heavy atom. The average Bonchev–Trinajstić information content (AvgIpc) is 3.45. The van der Waals surface area contributed by atoms with Gasteiger partial charge in [-0.15, -0.1) is 0 Å². The molecular weight excluding hydrogens is 561 g/mol. The first kappa shape index (κ1) is 29.2. The Bertz CT molecular complexity index is 1610. The van der Waals surface area contributed by atoms with Crippen LogP contribution < -0.4 is 10.9 Å². The van der Waals surface area contributed by atoms with Gasteiger partial charge in [0, 0.05) is 69.2 Å². The van der Waals surface area contributed by atoms with Crippen LogP contribution >= 0.6 is 0 Å². The second-order valence-corrected chi connectivity index (χ2v) is 12.0. The van der Waals surface area contributed by atoms with Crippen molar-refractivity contribution >= 4 is 17.6 Å². The van der Waals surface area contributed by atoms with Crippen molar-refractivity contribution in [2.75, 3.05) is 26.2 Å². The van der Waals surface area contributed by atoms with E-state index in [4.69, 9.17) is 0 Å². The summed E-state index contributed by atoms with van der Waals surface area (Å²) < 4.78 is 44.4. The topological polar surface area (TPSA) is 90.3 Å². The van der Waals surface area contributed by atoms with Crippen molar-refractivity contribution in [2.45, 2.75) is 69.6 Å². The lowest BCUT2D eigenvalue weighted by Gasteiger charge is -2.51. The van der Waals surface area contributed by atoms with Gasteiger partial charge < -0.3 is 15.1 Å². The number of nitrogens with one attached hydrogen (secondary N) is 1. The van der Waals surface area contributed by atoms with Crippen molar-refractivity contribution in [3.8, 4) is 0 Å². The molecule has 43 heavy (non-hydrogen) atoms. The molecule has 3 amide bonds. The number of pyridine rings is 1. The quantitative estimate of drug-likeness (QED) is 0.492. The lowest BCUT2D eigenvalue weighted by Crippen LogP contribution is -2.64. The zero-order valence-electron chi connectivity index (χ0n) is 24.1. The summed E-state index contributed by atoms with van der Waals surface area (Å²) in [5, 5.41) is 2.88. The molecule has 2 aromatic heterocycles. The van der Waals surface area contributed by atoms with Crippen LogP contribution in [0.5, 0.6) is 0 Å². The number of benzene rings is 1. The first-order valence-electron chi connectivity index (χ1n) is 14.8. The van der Waals surface area contributed by atoms with Crippen molar-refractivity contribution in [1.29, 1.82) is 0 Å². The van der Waals surface area contributed by atoms with Crippen LogP contribution in [-0.2, 0) is 11.3 Å². The molecule has 3 aromatic rings. The molecule has 2 aliphatic heterocycles. The molecule has 9 nitrogen and oxygen atoms in total. The van der Waals surface area contributed by atoms with Gasteiger partial charge in [0.1, 0.15) is 23.1 Å². The summed E-state index contributed by atoms with van der Waals surface area (Å²) in [6.45, 7) is 3.36. The molecule has 12 heteroatoms. The third kappa shape index (κ3) is 5.72. The first-order valence-corrected chi connectivity index (χ1v) is 14.8. The Balaban J connectivity index is 1.25. The molecular formula is C31H35F3N6O3. The summed E-state index contributed by atoms with van der Waals surface area (Å²) in [7, 11) is 0. The largest absolute Gasteiger partial charge is 0.353 e. The third-order valence-corrected chi connectivity index (χ3v) is 9.27. The maximum atomic E-state index is 15.0. The molecule has 1 aromatic carbocycles. The highest BCUT2D eigenvalue weighted by Gasteiger charge is 2.47. The van der Waals surface area contributed by atoms with Gasteiger partial charge in [0.2, 0.25) is 5.91 Å². The molecule has 0 bridgehead atoms. The second-order valence-electron chi connectivity index (χ2n) is 12.0. The predicted molar refractivity (Wildman–Crippen MR) is 153 cm³/mol. The summed E-state index contributed by atoms with van der Waals surface area (Å²) in [4.78, 5) is 49.1. The van der Waals surface area contributed by atoms with E-state index in [1.54, 1.807) is 16.0 Å². The highest BCUT2D eigenvalue weighted by molar-refractivity contribution is 5.76. The average molecular weight is 597 g/mol.